The fourth-order valence-electron chi connectivity index (χ4n) is 3.45. The number of rotatable bonds is 4. The Morgan fingerprint density at radius 3 is 2.76 bits per heavy atom. The van der Waals surface area contributed by atoms with Crippen LogP contribution in [0.4, 0.5) is 13.2 Å². The molecule has 0 radical (unpaired) electrons. The smallest absolute Gasteiger partial charge is 0.310 e. The highest BCUT2D eigenvalue weighted by Gasteiger charge is 2.37. The van der Waals surface area contributed by atoms with Gasteiger partial charge < -0.3 is 5.32 Å². The molecule has 3 unspecified atom stereocenters. The molecule has 2 rings (SSSR count). The maximum atomic E-state index is 13.2. The van der Waals surface area contributed by atoms with E-state index in [9.17, 15) is 13.2 Å². The Morgan fingerprint density at radius 2 is 2.14 bits per heavy atom. The van der Waals surface area contributed by atoms with Crippen molar-refractivity contribution in [2.24, 2.45) is 11.8 Å². The van der Waals surface area contributed by atoms with Crippen LogP contribution in [0.2, 0.25) is 0 Å². The van der Waals surface area contributed by atoms with E-state index in [1.165, 1.54) is 18.8 Å². The van der Waals surface area contributed by atoms with Crippen molar-refractivity contribution in [3.8, 4) is 0 Å². The van der Waals surface area contributed by atoms with Crippen LogP contribution in [0.1, 0.15) is 56.7 Å². The normalized spacial score (nSPS) is 24.8. The van der Waals surface area contributed by atoms with E-state index < -0.39 is 11.7 Å². The van der Waals surface area contributed by atoms with Crippen molar-refractivity contribution < 1.29 is 13.2 Å². The van der Waals surface area contributed by atoms with Crippen LogP contribution in [0.3, 0.4) is 0 Å². The average molecular weight is 300 g/mol. The molecule has 0 aromatic carbocycles. The van der Waals surface area contributed by atoms with E-state index in [0.29, 0.717) is 18.0 Å². The quantitative estimate of drug-likeness (QED) is 0.880. The lowest BCUT2D eigenvalue weighted by molar-refractivity contribution is -0.138. The molecule has 1 aromatic rings. The molecule has 21 heavy (non-hydrogen) atoms. The Bertz CT molecular complexity index is 459. The van der Waals surface area contributed by atoms with Gasteiger partial charge in [-0.2, -0.15) is 13.2 Å². The zero-order valence-corrected chi connectivity index (χ0v) is 12.6. The fraction of sp³-hybridized carbons (Fsp3) is 0.688. The number of hydrogen-bond donors (Lipinski definition) is 1. The van der Waals surface area contributed by atoms with Gasteiger partial charge in [0.2, 0.25) is 0 Å². The summed E-state index contributed by atoms with van der Waals surface area (Å²) in [6.07, 6.45) is 2.50. The van der Waals surface area contributed by atoms with E-state index in [2.05, 4.69) is 17.2 Å². The van der Waals surface area contributed by atoms with Gasteiger partial charge in [0.15, 0.2) is 0 Å². The summed E-state index contributed by atoms with van der Waals surface area (Å²) >= 11 is 0. The summed E-state index contributed by atoms with van der Waals surface area (Å²) in [5.41, 5.74) is -0.257. The highest BCUT2D eigenvalue weighted by atomic mass is 19.4. The Kier molecular flexibility index (Phi) is 5.25. The number of aromatic nitrogens is 1. The first-order valence-electron chi connectivity index (χ1n) is 7.68. The summed E-state index contributed by atoms with van der Waals surface area (Å²) in [7, 11) is 0. The molecule has 0 bridgehead atoms. The number of nitrogens with one attached hydrogen (secondary N) is 1. The molecule has 118 valence electrons. The summed E-state index contributed by atoms with van der Waals surface area (Å²) in [4.78, 5) is 3.94. The van der Waals surface area contributed by atoms with Crippen molar-refractivity contribution in [1.29, 1.82) is 0 Å². The van der Waals surface area contributed by atoms with Crippen molar-refractivity contribution in [2.75, 3.05) is 6.54 Å². The van der Waals surface area contributed by atoms with E-state index >= 15 is 0 Å². The second-order valence-corrected chi connectivity index (χ2v) is 6.03. The van der Waals surface area contributed by atoms with Crippen LogP contribution in [0.25, 0.3) is 0 Å². The van der Waals surface area contributed by atoms with Gasteiger partial charge in [0.05, 0.1) is 5.56 Å². The summed E-state index contributed by atoms with van der Waals surface area (Å²) in [5.74, 6) is 0.829. The highest BCUT2D eigenvalue weighted by molar-refractivity contribution is 5.30. The van der Waals surface area contributed by atoms with E-state index in [4.69, 9.17) is 0 Å². The van der Waals surface area contributed by atoms with Crippen molar-refractivity contribution in [2.45, 2.75) is 51.7 Å². The molecule has 1 aliphatic carbocycles. The van der Waals surface area contributed by atoms with Crippen molar-refractivity contribution in [1.82, 2.24) is 10.3 Å². The van der Waals surface area contributed by atoms with Gasteiger partial charge in [-0.05, 0) is 42.9 Å². The number of hydrogen-bond acceptors (Lipinski definition) is 2. The lowest BCUT2D eigenvalue weighted by Gasteiger charge is -2.35. The molecular weight excluding hydrogens is 277 g/mol. The topological polar surface area (TPSA) is 24.9 Å². The molecule has 2 nitrogen and oxygen atoms in total. The number of halogens is 3. The molecule has 1 N–H and O–H groups in total. The Hall–Kier alpha value is -1.10. The molecule has 0 spiro atoms. The minimum absolute atomic E-state index is 0.249. The Labute approximate surface area is 124 Å². The van der Waals surface area contributed by atoms with Crippen LogP contribution in [-0.4, -0.2) is 11.5 Å². The molecule has 0 amide bonds. The SMILES string of the molecule is CCNC(c1cnccc1C(F)(F)F)C1CCCC(C)C1. The second kappa shape index (κ2) is 6.77. The predicted molar refractivity (Wildman–Crippen MR) is 76.8 cm³/mol. The average Bonchev–Trinajstić information content (AvgIpc) is 2.44. The highest BCUT2D eigenvalue weighted by Crippen LogP contribution is 2.41. The summed E-state index contributed by atoms with van der Waals surface area (Å²) < 4.78 is 39.7. The number of pyridine rings is 1. The summed E-state index contributed by atoms with van der Waals surface area (Å²) in [6, 6.07) is 0.828. The third kappa shape index (κ3) is 3.96. The molecule has 1 heterocycles. The van der Waals surface area contributed by atoms with Gasteiger partial charge in [0, 0.05) is 18.4 Å². The minimum atomic E-state index is -4.33. The lowest BCUT2D eigenvalue weighted by atomic mass is 9.76. The van der Waals surface area contributed by atoms with Crippen LogP contribution < -0.4 is 5.32 Å². The number of nitrogens with zero attached hydrogens (tertiary/aromatic N) is 1. The lowest BCUT2D eigenvalue weighted by Crippen LogP contribution is -2.33. The van der Waals surface area contributed by atoms with Crippen molar-refractivity contribution in [3.63, 3.8) is 0 Å². The van der Waals surface area contributed by atoms with Gasteiger partial charge in [-0.3, -0.25) is 4.98 Å². The fourth-order valence-corrected chi connectivity index (χ4v) is 3.45. The molecular formula is C16H23F3N2. The molecule has 5 heteroatoms. The Balaban J connectivity index is 2.34. The van der Waals surface area contributed by atoms with Crippen LogP contribution in [0.5, 0.6) is 0 Å². The van der Waals surface area contributed by atoms with E-state index in [1.54, 1.807) is 0 Å². The third-order valence-corrected chi connectivity index (χ3v) is 4.36. The zero-order valence-electron chi connectivity index (χ0n) is 12.6. The minimum Gasteiger partial charge on any atom is -0.310 e. The first-order chi connectivity index (χ1) is 9.93. The molecule has 0 aliphatic heterocycles. The first-order valence-corrected chi connectivity index (χ1v) is 7.68. The monoisotopic (exact) mass is 300 g/mol. The van der Waals surface area contributed by atoms with Gasteiger partial charge >= 0.3 is 6.18 Å². The van der Waals surface area contributed by atoms with Crippen LogP contribution in [-0.2, 0) is 6.18 Å². The van der Waals surface area contributed by atoms with Gasteiger partial charge in [0.1, 0.15) is 0 Å². The van der Waals surface area contributed by atoms with E-state index in [1.807, 2.05) is 6.92 Å². The first kappa shape index (κ1) is 16.3. The third-order valence-electron chi connectivity index (χ3n) is 4.36. The standard InChI is InChI=1S/C16H23F3N2/c1-3-21-15(12-6-4-5-11(2)9-12)13-10-20-8-7-14(13)16(17,18)19/h7-8,10-12,15,21H,3-6,9H2,1-2H3. The number of alkyl halides is 3. The predicted octanol–water partition coefficient (Wildman–Crippen LogP) is 4.58. The second-order valence-electron chi connectivity index (χ2n) is 6.03. The molecule has 1 aliphatic rings. The van der Waals surface area contributed by atoms with Crippen LogP contribution >= 0.6 is 0 Å². The Morgan fingerprint density at radius 1 is 1.38 bits per heavy atom. The van der Waals surface area contributed by atoms with Crippen LogP contribution in [0.15, 0.2) is 18.5 Å². The van der Waals surface area contributed by atoms with Gasteiger partial charge in [-0.25, -0.2) is 0 Å². The van der Waals surface area contributed by atoms with Gasteiger partial charge in [0.25, 0.3) is 0 Å². The molecule has 1 fully saturated rings. The maximum absolute atomic E-state index is 13.2. The molecule has 3 atom stereocenters. The van der Waals surface area contributed by atoms with Crippen LogP contribution in [0, 0.1) is 11.8 Å². The largest absolute Gasteiger partial charge is 0.416 e. The molecule has 1 saturated carbocycles. The zero-order chi connectivity index (χ0) is 15.5. The maximum Gasteiger partial charge on any atom is 0.416 e. The van der Waals surface area contributed by atoms with Crippen molar-refractivity contribution >= 4 is 0 Å². The molecule has 0 saturated heterocycles. The van der Waals surface area contributed by atoms with Gasteiger partial charge in [-0.15, -0.1) is 0 Å². The summed E-state index contributed by atoms with van der Waals surface area (Å²) in [5, 5.41) is 3.26. The van der Waals surface area contributed by atoms with E-state index in [-0.39, 0.29) is 12.0 Å². The molecule has 1 aromatic heterocycles. The van der Waals surface area contributed by atoms with Crippen molar-refractivity contribution in [3.05, 3.63) is 29.6 Å². The van der Waals surface area contributed by atoms with E-state index in [0.717, 1.165) is 25.3 Å². The van der Waals surface area contributed by atoms with Gasteiger partial charge in [-0.1, -0.05) is 26.7 Å². The summed E-state index contributed by atoms with van der Waals surface area (Å²) in [6.45, 7) is 4.77.